The number of ether oxygens (including phenoxy) is 1. The van der Waals surface area contributed by atoms with Crippen molar-refractivity contribution in [2.75, 3.05) is 19.7 Å². The van der Waals surface area contributed by atoms with Gasteiger partial charge in [0.1, 0.15) is 15.2 Å². The summed E-state index contributed by atoms with van der Waals surface area (Å²) < 4.78 is 31.9. The highest BCUT2D eigenvalue weighted by molar-refractivity contribution is 7.91. The van der Waals surface area contributed by atoms with Gasteiger partial charge in [-0.2, -0.15) is 9.57 Å². The lowest BCUT2D eigenvalue weighted by Gasteiger charge is -2.20. The average Bonchev–Trinajstić information content (AvgIpc) is 2.72. The first-order chi connectivity index (χ1) is 8.54. The Balaban J connectivity index is 2.27. The zero-order valence-corrected chi connectivity index (χ0v) is 11.6. The molecule has 98 valence electrons. The summed E-state index contributed by atoms with van der Waals surface area (Å²) >= 11 is 1.01. The summed E-state index contributed by atoms with van der Waals surface area (Å²) in [5, 5.41) is 8.75. The van der Waals surface area contributed by atoms with Crippen molar-refractivity contribution in [1.82, 2.24) is 4.31 Å². The maximum Gasteiger partial charge on any atom is 0.252 e. The molecule has 0 aromatic carbocycles. The van der Waals surface area contributed by atoms with E-state index < -0.39 is 10.0 Å². The summed E-state index contributed by atoms with van der Waals surface area (Å²) in [6.45, 7) is 3.28. The smallest absolute Gasteiger partial charge is 0.252 e. The van der Waals surface area contributed by atoms with Gasteiger partial charge in [-0.3, -0.25) is 0 Å². The van der Waals surface area contributed by atoms with Gasteiger partial charge in [-0.15, -0.1) is 11.3 Å². The summed E-state index contributed by atoms with van der Waals surface area (Å²) in [5.41, 5.74) is 0. The summed E-state index contributed by atoms with van der Waals surface area (Å²) in [6, 6.07) is 4.99. The van der Waals surface area contributed by atoms with E-state index in [1.807, 2.05) is 13.0 Å². The number of nitriles is 1. The lowest BCUT2D eigenvalue weighted by atomic mass is 10.4. The Hall–Kier alpha value is -0.940. The first kappa shape index (κ1) is 13.5. The maximum atomic E-state index is 12.4. The molecular formula is C11H14N2O3S2. The van der Waals surface area contributed by atoms with Gasteiger partial charge in [0, 0.05) is 19.7 Å². The number of nitrogens with zero attached hydrogens (tertiary/aromatic N) is 2. The van der Waals surface area contributed by atoms with Crippen LogP contribution in [0.3, 0.4) is 0 Å². The molecule has 1 atom stereocenters. The number of rotatable bonds is 2. The fraction of sp³-hybridized carbons (Fsp3) is 0.545. The molecular weight excluding hydrogens is 272 g/mol. The van der Waals surface area contributed by atoms with Crippen molar-refractivity contribution in [3.05, 3.63) is 17.0 Å². The SMILES string of the molecule is CC1CN(S(=O)(=O)c2ccc(C#N)s2)CCCO1. The van der Waals surface area contributed by atoms with Gasteiger partial charge in [-0.1, -0.05) is 0 Å². The van der Waals surface area contributed by atoms with Gasteiger partial charge in [0.05, 0.1) is 6.10 Å². The highest BCUT2D eigenvalue weighted by Crippen LogP contribution is 2.25. The van der Waals surface area contributed by atoms with E-state index in [0.29, 0.717) is 31.0 Å². The molecule has 0 spiro atoms. The summed E-state index contributed by atoms with van der Waals surface area (Å²) in [4.78, 5) is 0.410. The van der Waals surface area contributed by atoms with Gasteiger partial charge in [-0.25, -0.2) is 8.42 Å². The third kappa shape index (κ3) is 2.72. The van der Waals surface area contributed by atoms with E-state index in [4.69, 9.17) is 10.00 Å². The molecule has 0 radical (unpaired) electrons. The Labute approximate surface area is 111 Å². The molecule has 2 rings (SSSR count). The van der Waals surface area contributed by atoms with Crippen LogP contribution >= 0.6 is 11.3 Å². The second-order valence-electron chi connectivity index (χ2n) is 4.13. The Morgan fingerprint density at radius 2 is 2.33 bits per heavy atom. The van der Waals surface area contributed by atoms with Gasteiger partial charge < -0.3 is 4.74 Å². The third-order valence-electron chi connectivity index (χ3n) is 2.70. The van der Waals surface area contributed by atoms with E-state index in [2.05, 4.69) is 0 Å². The van der Waals surface area contributed by atoms with E-state index >= 15 is 0 Å². The van der Waals surface area contributed by atoms with Crippen molar-refractivity contribution in [3.8, 4) is 6.07 Å². The molecule has 2 heterocycles. The maximum absolute atomic E-state index is 12.4. The minimum absolute atomic E-state index is 0.0994. The van der Waals surface area contributed by atoms with E-state index in [9.17, 15) is 8.42 Å². The summed E-state index contributed by atoms with van der Waals surface area (Å²) in [6.07, 6.45) is 0.595. The topological polar surface area (TPSA) is 70.4 Å². The first-order valence-corrected chi connectivity index (χ1v) is 7.91. The lowest BCUT2D eigenvalue weighted by molar-refractivity contribution is 0.0752. The normalized spacial score (nSPS) is 22.3. The zero-order chi connectivity index (χ0) is 13.2. The van der Waals surface area contributed by atoms with Gasteiger partial charge in [0.2, 0.25) is 0 Å². The van der Waals surface area contributed by atoms with Crippen LogP contribution in [0.1, 0.15) is 18.2 Å². The largest absolute Gasteiger partial charge is 0.377 e. The van der Waals surface area contributed by atoms with Crippen LogP contribution in [0.15, 0.2) is 16.3 Å². The van der Waals surface area contributed by atoms with Crippen LogP contribution in [0, 0.1) is 11.3 Å². The quantitative estimate of drug-likeness (QED) is 0.824. The highest BCUT2D eigenvalue weighted by atomic mass is 32.2. The molecule has 1 saturated heterocycles. The lowest BCUT2D eigenvalue weighted by Crippen LogP contribution is -2.35. The van der Waals surface area contributed by atoms with Crippen molar-refractivity contribution >= 4 is 21.4 Å². The molecule has 1 aromatic rings. The standard InChI is InChI=1S/C11H14N2O3S2/c1-9-8-13(5-2-6-16-9)18(14,15)11-4-3-10(7-12)17-11/h3-4,9H,2,5-6,8H2,1H3. The molecule has 0 amide bonds. The third-order valence-corrected chi connectivity index (χ3v) is 6.02. The second-order valence-corrected chi connectivity index (χ2v) is 7.38. The van der Waals surface area contributed by atoms with Crippen molar-refractivity contribution in [1.29, 1.82) is 5.26 Å². The molecule has 1 unspecified atom stereocenters. The molecule has 0 N–H and O–H groups in total. The predicted octanol–water partition coefficient (Wildman–Crippen LogP) is 1.42. The Morgan fingerprint density at radius 3 is 3.00 bits per heavy atom. The van der Waals surface area contributed by atoms with Crippen LogP contribution in [0.5, 0.6) is 0 Å². The Kier molecular flexibility index (Phi) is 4.02. The number of sulfonamides is 1. The molecule has 1 aliphatic heterocycles. The molecule has 1 aliphatic rings. The molecule has 0 saturated carbocycles. The minimum atomic E-state index is -3.49. The van der Waals surface area contributed by atoms with Crippen LogP contribution < -0.4 is 0 Å². The number of hydrogen-bond donors (Lipinski definition) is 0. The first-order valence-electron chi connectivity index (χ1n) is 5.66. The molecule has 0 bridgehead atoms. The summed E-state index contributed by atoms with van der Waals surface area (Å²) in [5.74, 6) is 0. The van der Waals surface area contributed by atoms with Gasteiger partial charge in [0.15, 0.2) is 0 Å². The van der Waals surface area contributed by atoms with Crippen LogP contribution in [0.2, 0.25) is 0 Å². The van der Waals surface area contributed by atoms with Crippen LogP contribution in [-0.2, 0) is 14.8 Å². The van der Waals surface area contributed by atoms with E-state index in [0.717, 1.165) is 11.3 Å². The van der Waals surface area contributed by atoms with E-state index in [1.54, 1.807) is 0 Å². The molecule has 1 fully saturated rings. The summed E-state index contributed by atoms with van der Waals surface area (Å²) in [7, 11) is -3.49. The Bertz CT molecular complexity index is 559. The van der Waals surface area contributed by atoms with E-state index in [-0.39, 0.29) is 10.3 Å². The highest BCUT2D eigenvalue weighted by Gasteiger charge is 2.29. The Morgan fingerprint density at radius 1 is 1.56 bits per heavy atom. The molecule has 18 heavy (non-hydrogen) atoms. The monoisotopic (exact) mass is 286 g/mol. The van der Waals surface area contributed by atoms with Crippen LogP contribution in [0.4, 0.5) is 0 Å². The number of thiophene rings is 1. The van der Waals surface area contributed by atoms with Crippen LogP contribution in [0.25, 0.3) is 0 Å². The molecule has 7 heteroatoms. The molecule has 0 aliphatic carbocycles. The fourth-order valence-electron chi connectivity index (χ4n) is 1.82. The van der Waals surface area contributed by atoms with Crippen molar-refractivity contribution in [2.24, 2.45) is 0 Å². The van der Waals surface area contributed by atoms with Gasteiger partial charge in [0.25, 0.3) is 10.0 Å². The van der Waals surface area contributed by atoms with Gasteiger partial charge in [-0.05, 0) is 25.5 Å². The van der Waals surface area contributed by atoms with E-state index in [1.165, 1.54) is 16.4 Å². The van der Waals surface area contributed by atoms with Crippen molar-refractivity contribution in [2.45, 2.75) is 23.7 Å². The minimum Gasteiger partial charge on any atom is -0.377 e. The van der Waals surface area contributed by atoms with Crippen LogP contribution in [-0.4, -0.2) is 38.5 Å². The zero-order valence-electron chi connectivity index (χ0n) is 10.00. The van der Waals surface area contributed by atoms with Gasteiger partial charge >= 0.3 is 0 Å². The number of hydrogen-bond acceptors (Lipinski definition) is 5. The average molecular weight is 286 g/mol. The fourth-order valence-corrected chi connectivity index (χ4v) is 4.63. The van der Waals surface area contributed by atoms with Crippen molar-refractivity contribution in [3.63, 3.8) is 0 Å². The predicted molar refractivity (Wildman–Crippen MR) is 67.8 cm³/mol. The van der Waals surface area contributed by atoms with Crippen molar-refractivity contribution < 1.29 is 13.2 Å². The molecule has 1 aromatic heterocycles. The second kappa shape index (κ2) is 5.36. The molecule has 5 nitrogen and oxygen atoms in total.